The van der Waals surface area contributed by atoms with Crippen molar-refractivity contribution in [3.05, 3.63) is 23.8 Å². The van der Waals surface area contributed by atoms with E-state index in [-0.39, 0.29) is 54.1 Å². The summed E-state index contributed by atoms with van der Waals surface area (Å²) in [5, 5.41) is 2.93. The number of anilines is 1. The van der Waals surface area contributed by atoms with Crippen LogP contribution in [0, 0.1) is 5.92 Å². The van der Waals surface area contributed by atoms with Crippen LogP contribution in [0.25, 0.3) is 0 Å². The zero-order valence-electron chi connectivity index (χ0n) is 20.4. The summed E-state index contributed by atoms with van der Waals surface area (Å²) in [7, 11) is -0.243. The SMILES string of the molecule is CO[C@@H]1CN(C)C(=O)c2ccc(NS(C)(=O)=O)cc2OC[C@@H](C)N(C(=O)NC(C)C)C[C@@H]1C. The molecule has 0 fully saturated rings. The first-order chi connectivity index (χ1) is 15.3. The summed E-state index contributed by atoms with van der Waals surface area (Å²) in [5.74, 6) is -0.0854. The predicted octanol–water partition coefficient (Wildman–Crippen LogP) is 1.98. The van der Waals surface area contributed by atoms with Gasteiger partial charge in [0.05, 0.1) is 29.7 Å². The molecule has 3 amide bonds. The third-order valence-corrected chi connectivity index (χ3v) is 6.03. The monoisotopic (exact) mass is 484 g/mol. The van der Waals surface area contributed by atoms with Crippen LogP contribution in [0.15, 0.2) is 18.2 Å². The lowest BCUT2D eigenvalue weighted by Crippen LogP contribution is -2.52. The van der Waals surface area contributed by atoms with Gasteiger partial charge in [0.1, 0.15) is 12.4 Å². The van der Waals surface area contributed by atoms with Gasteiger partial charge in [-0.2, -0.15) is 0 Å². The first kappa shape index (κ1) is 26.7. The van der Waals surface area contributed by atoms with Gasteiger partial charge in [0.2, 0.25) is 10.0 Å². The van der Waals surface area contributed by atoms with Crippen LogP contribution in [0.1, 0.15) is 38.1 Å². The zero-order valence-corrected chi connectivity index (χ0v) is 21.2. The molecule has 0 aliphatic carbocycles. The molecule has 0 spiro atoms. The molecule has 186 valence electrons. The number of sulfonamides is 1. The number of fused-ring (bicyclic) bond motifs is 1. The number of carbonyl (C=O) groups excluding carboxylic acids is 2. The molecular weight excluding hydrogens is 448 g/mol. The van der Waals surface area contributed by atoms with E-state index in [0.717, 1.165) is 6.26 Å². The molecule has 1 aromatic carbocycles. The molecule has 2 rings (SSSR count). The summed E-state index contributed by atoms with van der Waals surface area (Å²) in [6.45, 7) is 8.47. The number of benzene rings is 1. The fourth-order valence-corrected chi connectivity index (χ4v) is 4.22. The van der Waals surface area contributed by atoms with E-state index in [0.29, 0.717) is 18.7 Å². The van der Waals surface area contributed by atoms with Crippen LogP contribution in [-0.2, 0) is 14.8 Å². The normalized spacial score (nSPS) is 22.7. The fraction of sp³-hybridized carbons (Fsp3) is 0.636. The summed E-state index contributed by atoms with van der Waals surface area (Å²) < 4.78 is 37.4. The second-order valence-corrected chi connectivity index (χ2v) is 10.7. The summed E-state index contributed by atoms with van der Waals surface area (Å²) in [6, 6.07) is 3.97. The number of rotatable bonds is 4. The fourth-order valence-electron chi connectivity index (χ4n) is 3.66. The predicted molar refractivity (Wildman–Crippen MR) is 127 cm³/mol. The molecule has 10 nitrogen and oxygen atoms in total. The number of amides is 3. The number of nitrogens with one attached hydrogen (secondary N) is 2. The standard InChI is InChI=1S/C22H36N4O6S/c1-14(2)23-22(28)26-11-15(3)20(31-6)12-25(5)21(27)18-9-8-17(24-33(7,29)30)10-19(18)32-13-16(26)4/h8-10,14-16,20,24H,11-13H2,1-7H3,(H,23,28)/t15-,16+,20+/m0/s1. The molecule has 0 saturated heterocycles. The molecule has 0 saturated carbocycles. The lowest BCUT2D eigenvalue weighted by molar-refractivity contribution is 0.0165. The molecular formula is C22H36N4O6S. The van der Waals surface area contributed by atoms with E-state index in [2.05, 4.69) is 10.0 Å². The van der Waals surface area contributed by atoms with Crippen LogP contribution < -0.4 is 14.8 Å². The van der Waals surface area contributed by atoms with Crippen molar-refractivity contribution in [3.8, 4) is 5.75 Å². The van der Waals surface area contributed by atoms with Crippen molar-refractivity contribution in [3.63, 3.8) is 0 Å². The maximum absolute atomic E-state index is 13.2. The van der Waals surface area contributed by atoms with Crippen LogP contribution in [-0.4, -0.2) is 88.5 Å². The highest BCUT2D eigenvalue weighted by molar-refractivity contribution is 7.92. The molecule has 0 radical (unpaired) electrons. The number of urea groups is 1. The lowest BCUT2D eigenvalue weighted by atomic mass is 10.0. The Morgan fingerprint density at radius 1 is 1.24 bits per heavy atom. The van der Waals surface area contributed by atoms with Crippen molar-refractivity contribution in [1.29, 1.82) is 0 Å². The Labute approximate surface area is 196 Å². The minimum Gasteiger partial charge on any atom is -0.491 e. The molecule has 0 unspecified atom stereocenters. The highest BCUT2D eigenvalue weighted by atomic mass is 32.2. The average Bonchev–Trinajstić information content (AvgIpc) is 2.70. The van der Waals surface area contributed by atoms with E-state index in [1.165, 1.54) is 18.2 Å². The van der Waals surface area contributed by atoms with Crippen molar-refractivity contribution < 1.29 is 27.5 Å². The molecule has 0 aromatic heterocycles. The Morgan fingerprint density at radius 2 is 1.91 bits per heavy atom. The third-order valence-electron chi connectivity index (χ3n) is 5.42. The van der Waals surface area contributed by atoms with E-state index in [1.807, 2.05) is 27.7 Å². The number of hydrogen-bond donors (Lipinski definition) is 2. The number of nitrogens with zero attached hydrogens (tertiary/aromatic N) is 2. The van der Waals surface area contributed by atoms with Gasteiger partial charge in [-0.15, -0.1) is 0 Å². The minimum atomic E-state index is -3.51. The highest BCUT2D eigenvalue weighted by Gasteiger charge is 2.30. The van der Waals surface area contributed by atoms with Crippen molar-refractivity contribution in [2.75, 3.05) is 44.8 Å². The summed E-state index contributed by atoms with van der Waals surface area (Å²) in [6.07, 6.45) is 0.751. The van der Waals surface area contributed by atoms with Gasteiger partial charge in [0, 0.05) is 45.3 Å². The Kier molecular flexibility index (Phi) is 8.96. The van der Waals surface area contributed by atoms with Crippen molar-refractivity contribution >= 4 is 27.6 Å². The van der Waals surface area contributed by atoms with E-state index in [9.17, 15) is 18.0 Å². The molecule has 1 aliphatic rings. The maximum Gasteiger partial charge on any atom is 0.317 e. The number of hydrogen-bond acceptors (Lipinski definition) is 6. The molecule has 3 atom stereocenters. The van der Waals surface area contributed by atoms with E-state index >= 15 is 0 Å². The first-order valence-corrected chi connectivity index (χ1v) is 12.8. The maximum atomic E-state index is 13.2. The number of likely N-dealkylation sites (N-methyl/N-ethyl adjacent to an activating group) is 1. The summed E-state index contributed by atoms with van der Waals surface area (Å²) in [5.41, 5.74) is 0.578. The van der Waals surface area contributed by atoms with Crippen molar-refractivity contribution in [1.82, 2.24) is 15.1 Å². The lowest BCUT2D eigenvalue weighted by Gasteiger charge is -2.36. The zero-order chi connectivity index (χ0) is 24.9. The topological polar surface area (TPSA) is 117 Å². The largest absolute Gasteiger partial charge is 0.491 e. The highest BCUT2D eigenvalue weighted by Crippen LogP contribution is 2.27. The van der Waals surface area contributed by atoms with Crippen LogP contribution in [0.2, 0.25) is 0 Å². The molecule has 2 N–H and O–H groups in total. The van der Waals surface area contributed by atoms with Gasteiger partial charge >= 0.3 is 6.03 Å². The molecule has 1 aliphatic heterocycles. The van der Waals surface area contributed by atoms with Gasteiger partial charge in [-0.25, -0.2) is 13.2 Å². The second-order valence-electron chi connectivity index (χ2n) is 8.94. The van der Waals surface area contributed by atoms with Gasteiger partial charge in [-0.1, -0.05) is 6.92 Å². The van der Waals surface area contributed by atoms with Crippen LogP contribution in [0.5, 0.6) is 5.75 Å². The van der Waals surface area contributed by atoms with Crippen LogP contribution >= 0.6 is 0 Å². The Balaban J connectivity index is 2.47. The number of methoxy groups -OCH3 is 1. The number of ether oxygens (including phenoxy) is 2. The molecule has 0 bridgehead atoms. The van der Waals surface area contributed by atoms with Gasteiger partial charge in [-0.3, -0.25) is 9.52 Å². The average molecular weight is 485 g/mol. The molecule has 11 heteroatoms. The third kappa shape index (κ3) is 7.50. The van der Waals surface area contributed by atoms with Gasteiger partial charge in [0.25, 0.3) is 5.91 Å². The van der Waals surface area contributed by atoms with Crippen LogP contribution in [0.4, 0.5) is 10.5 Å². The van der Waals surface area contributed by atoms with Crippen molar-refractivity contribution in [2.24, 2.45) is 5.92 Å². The Morgan fingerprint density at radius 3 is 2.48 bits per heavy atom. The van der Waals surface area contributed by atoms with Crippen LogP contribution in [0.3, 0.4) is 0 Å². The van der Waals surface area contributed by atoms with Gasteiger partial charge < -0.3 is 24.6 Å². The Hall–Kier alpha value is -2.53. The van der Waals surface area contributed by atoms with E-state index in [1.54, 1.807) is 24.0 Å². The van der Waals surface area contributed by atoms with E-state index < -0.39 is 10.0 Å². The summed E-state index contributed by atoms with van der Waals surface area (Å²) in [4.78, 5) is 29.3. The smallest absolute Gasteiger partial charge is 0.317 e. The summed E-state index contributed by atoms with van der Waals surface area (Å²) >= 11 is 0. The molecule has 1 aromatic rings. The van der Waals surface area contributed by atoms with E-state index in [4.69, 9.17) is 9.47 Å². The van der Waals surface area contributed by atoms with Gasteiger partial charge in [-0.05, 0) is 32.9 Å². The molecule has 1 heterocycles. The minimum absolute atomic E-state index is 0.0327. The van der Waals surface area contributed by atoms with Gasteiger partial charge in [0.15, 0.2) is 0 Å². The first-order valence-electron chi connectivity index (χ1n) is 10.9. The second kappa shape index (κ2) is 11.1. The molecule has 33 heavy (non-hydrogen) atoms. The quantitative estimate of drug-likeness (QED) is 0.675. The number of carbonyl (C=O) groups is 2. The Bertz CT molecular complexity index is 952. The van der Waals surface area contributed by atoms with Crippen molar-refractivity contribution in [2.45, 2.75) is 45.9 Å².